The Labute approximate surface area is 345 Å². The van der Waals surface area contributed by atoms with Crippen LogP contribution in [-0.2, 0) is 0 Å². The Morgan fingerprint density at radius 3 is 1.73 bits per heavy atom. The summed E-state index contributed by atoms with van der Waals surface area (Å²) in [4.78, 5) is 7.22. The number of fused-ring (bicyclic) bond motifs is 8. The molecule has 12 rings (SSSR count). The topological polar surface area (TPSA) is 47.3 Å². The Morgan fingerprint density at radius 2 is 1.00 bits per heavy atom. The van der Waals surface area contributed by atoms with E-state index in [4.69, 9.17) is 13.8 Å². The van der Waals surface area contributed by atoms with E-state index in [0.29, 0.717) is 5.89 Å². The third-order valence-corrected chi connectivity index (χ3v) is 11.6. The van der Waals surface area contributed by atoms with Crippen molar-refractivity contribution in [1.29, 1.82) is 0 Å². The van der Waals surface area contributed by atoms with E-state index in [9.17, 15) is 0 Å². The van der Waals surface area contributed by atoms with Crippen molar-refractivity contribution in [1.82, 2.24) is 9.55 Å². The molecule has 5 heteroatoms. The van der Waals surface area contributed by atoms with Crippen molar-refractivity contribution in [2.24, 2.45) is 0 Å². The second kappa shape index (κ2) is 13.8. The summed E-state index contributed by atoms with van der Waals surface area (Å²) in [5.41, 5.74) is 15.2. The lowest BCUT2D eigenvalue weighted by atomic mass is 10.0. The Morgan fingerprint density at radius 1 is 0.417 bits per heavy atom. The van der Waals surface area contributed by atoms with E-state index in [1.807, 2.05) is 42.5 Å². The van der Waals surface area contributed by atoms with Crippen LogP contribution in [0.1, 0.15) is 0 Å². The molecule has 0 aliphatic rings. The van der Waals surface area contributed by atoms with Gasteiger partial charge in [0.25, 0.3) is 0 Å². The van der Waals surface area contributed by atoms with Crippen molar-refractivity contribution in [3.05, 3.63) is 212 Å². The molecular formula is C55H35N3O2. The maximum absolute atomic E-state index is 6.45. The van der Waals surface area contributed by atoms with Crippen molar-refractivity contribution in [3.63, 3.8) is 0 Å². The molecule has 0 fully saturated rings. The number of furan rings is 1. The highest BCUT2D eigenvalue weighted by Gasteiger charge is 2.22. The first-order chi connectivity index (χ1) is 29.7. The number of hydrogen-bond acceptors (Lipinski definition) is 4. The molecule has 282 valence electrons. The fourth-order valence-electron chi connectivity index (χ4n) is 8.82. The van der Waals surface area contributed by atoms with Gasteiger partial charge in [0.05, 0.1) is 22.1 Å². The average Bonchev–Trinajstić information content (AvgIpc) is 4.03. The van der Waals surface area contributed by atoms with Crippen molar-refractivity contribution >= 4 is 71.9 Å². The lowest BCUT2D eigenvalue weighted by Crippen LogP contribution is -2.11. The molecule has 0 bridgehead atoms. The van der Waals surface area contributed by atoms with E-state index in [1.165, 1.54) is 27.4 Å². The Kier molecular flexibility index (Phi) is 7.78. The molecular weight excluding hydrogens is 735 g/mol. The summed E-state index contributed by atoms with van der Waals surface area (Å²) >= 11 is 0. The molecule has 0 radical (unpaired) electrons. The van der Waals surface area contributed by atoms with Crippen molar-refractivity contribution in [3.8, 4) is 39.4 Å². The van der Waals surface area contributed by atoms with Crippen LogP contribution in [0.2, 0.25) is 0 Å². The minimum atomic E-state index is 0.596. The second-order valence-corrected chi connectivity index (χ2v) is 15.1. The Hall–Kier alpha value is -8.15. The fraction of sp³-hybridized carbons (Fsp3) is 0. The van der Waals surface area contributed by atoms with Crippen LogP contribution >= 0.6 is 0 Å². The van der Waals surface area contributed by atoms with Crippen LogP contribution in [0.25, 0.3) is 94.2 Å². The van der Waals surface area contributed by atoms with Gasteiger partial charge >= 0.3 is 0 Å². The van der Waals surface area contributed by atoms with E-state index in [0.717, 1.165) is 78.0 Å². The summed E-state index contributed by atoms with van der Waals surface area (Å²) in [7, 11) is 0. The summed E-state index contributed by atoms with van der Waals surface area (Å²) < 4.78 is 15.2. The molecule has 5 nitrogen and oxygen atoms in total. The highest BCUT2D eigenvalue weighted by molar-refractivity contribution is 6.17. The average molecular weight is 770 g/mol. The molecule has 0 unspecified atom stereocenters. The van der Waals surface area contributed by atoms with Gasteiger partial charge in [0.2, 0.25) is 5.89 Å². The molecule has 12 aromatic rings. The molecule has 3 aromatic heterocycles. The van der Waals surface area contributed by atoms with Gasteiger partial charge in [-0.3, -0.25) is 0 Å². The number of aromatic nitrogens is 2. The third-order valence-electron chi connectivity index (χ3n) is 11.6. The predicted octanol–water partition coefficient (Wildman–Crippen LogP) is 15.3. The first kappa shape index (κ1) is 33.9. The van der Waals surface area contributed by atoms with E-state index in [1.54, 1.807) is 0 Å². The first-order valence-corrected chi connectivity index (χ1v) is 20.2. The predicted molar refractivity (Wildman–Crippen MR) is 247 cm³/mol. The zero-order valence-electron chi connectivity index (χ0n) is 32.4. The van der Waals surface area contributed by atoms with Crippen LogP contribution in [0.15, 0.2) is 221 Å². The van der Waals surface area contributed by atoms with E-state index >= 15 is 0 Å². The summed E-state index contributed by atoms with van der Waals surface area (Å²) in [5, 5.41) is 4.34. The van der Waals surface area contributed by atoms with Gasteiger partial charge in [-0.1, -0.05) is 127 Å². The molecule has 3 heterocycles. The van der Waals surface area contributed by atoms with Crippen LogP contribution < -0.4 is 4.90 Å². The maximum atomic E-state index is 6.45. The number of anilines is 3. The molecule has 60 heavy (non-hydrogen) atoms. The molecule has 0 N–H and O–H groups in total. The number of oxazole rings is 1. The molecule has 0 aliphatic carbocycles. The van der Waals surface area contributed by atoms with Gasteiger partial charge in [-0.25, -0.2) is 4.98 Å². The molecule has 0 atom stereocenters. The van der Waals surface area contributed by atoms with Gasteiger partial charge in [-0.15, -0.1) is 0 Å². The molecule has 0 saturated carbocycles. The standard InChI is InChI=1S/C55H35N3O2/c1-4-13-36(14-5-1)37-23-28-42(29-24-37)57(49-22-12-20-45-44-19-10-11-21-48(44)58(53(45)49)41-17-8-3-9-18-41)43-30-25-38(26-31-43)40-27-33-50-46(35-40)52-51(59-50)34-32-47-54(52)60-55(56-47)39-15-6-2-7-16-39/h1-35H. The van der Waals surface area contributed by atoms with Crippen LogP contribution in [-0.4, -0.2) is 9.55 Å². The van der Waals surface area contributed by atoms with Gasteiger partial charge in [0.15, 0.2) is 5.58 Å². The number of nitrogens with zero attached hydrogens (tertiary/aromatic N) is 3. The highest BCUT2D eigenvalue weighted by atomic mass is 16.4. The zero-order chi connectivity index (χ0) is 39.6. The normalized spacial score (nSPS) is 11.7. The van der Waals surface area contributed by atoms with E-state index in [-0.39, 0.29) is 0 Å². The highest BCUT2D eigenvalue weighted by Crippen LogP contribution is 2.45. The second-order valence-electron chi connectivity index (χ2n) is 15.1. The smallest absolute Gasteiger partial charge is 0.227 e. The maximum Gasteiger partial charge on any atom is 0.227 e. The minimum Gasteiger partial charge on any atom is -0.456 e. The summed E-state index contributed by atoms with van der Waals surface area (Å²) in [5.74, 6) is 0.596. The number of rotatable bonds is 7. The van der Waals surface area contributed by atoms with Gasteiger partial charge in [0.1, 0.15) is 16.7 Å². The quantitative estimate of drug-likeness (QED) is 0.162. The van der Waals surface area contributed by atoms with Crippen LogP contribution in [0.5, 0.6) is 0 Å². The first-order valence-electron chi connectivity index (χ1n) is 20.2. The molecule has 0 aliphatic heterocycles. The molecule has 0 spiro atoms. The van der Waals surface area contributed by atoms with E-state index < -0.39 is 0 Å². The van der Waals surface area contributed by atoms with Crippen molar-refractivity contribution in [2.75, 3.05) is 4.90 Å². The van der Waals surface area contributed by atoms with Gasteiger partial charge in [0, 0.05) is 38.8 Å². The van der Waals surface area contributed by atoms with Crippen LogP contribution in [0, 0.1) is 0 Å². The van der Waals surface area contributed by atoms with Crippen molar-refractivity contribution in [2.45, 2.75) is 0 Å². The van der Waals surface area contributed by atoms with Gasteiger partial charge in [-0.2, -0.15) is 0 Å². The third kappa shape index (κ3) is 5.52. The van der Waals surface area contributed by atoms with Crippen LogP contribution in [0.4, 0.5) is 17.1 Å². The van der Waals surface area contributed by atoms with Gasteiger partial charge in [-0.05, 0) is 107 Å². The Bertz CT molecular complexity index is 3510. The number of benzene rings is 9. The SMILES string of the molecule is c1ccc(-c2ccc(N(c3ccc(-c4ccc5oc6ccc7nc(-c8ccccc8)oc7c6c5c4)cc3)c3cccc4c5ccccc5n(-c5ccccc5)c34)cc2)cc1. The number of hydrogen-bond donors (Lipinski definition) is 0. The fourth-order valence-corrected chi connectivity index (χ4v) is 8.82. The largest absolute Gasteiger partial charge is 0.456 e. The lowest BCUT2D eigenvalue weighted by Gasteiger charge is -2.27. The minimum absolute atomic E-state index is 0.596. The summed E-state index contributed by atoms with van der Waals surface area (Å²) in [6.45, 7) is 0. The molecule has 9 aromatic carbocycles. The van der Waals surface area contributed by atoms with Gasteiger partial charge < -0.3 is 18.3 Å². The van der Waals surface area contributed by atoms with Crippen LogP contribution in [0.3, 0.4) is 0 Å². The lowest BCUT2D eigenvalue weighted by molar-refractivity contribution is 0.622. The summed E-state index contributed by atoms with van der Waals surface area (Å²) in [6.07, 6.45) is 0. The number of para-hydroxylation sites is 3. The monoisotopic (exact) mass is 769 g/mol. The Balaban J connectivity index is 1.01. The zero-order valence-corrected chi connectivity index (χ0v) is 32.4. The molecule has 0 saturated heterocycles. The molecule has 0 amide bonds. The van der Waals surface area contributed by atoms with E-state index in [2.05, 4.69) is 179 Å². The summed E-state index contributed by atoms with van der Waals surface area (Å²) in [6, 6.07) is 74.7. The van der Waals surface area contributed by atoms with Crippen molar-refractivity contribution < 1.29 is 8.83 Å².